The first-order valence-electron chi connectivity index (χ1n) is 8.32. The number of aliphatic imine (C=N–C) groups is 1. The zero-order valence-corrected chi connectivity index (χ0v) is 14.9. The highest BCUT2D eigenvalue weighted by atomic mass is 35.5. The van der Waals surface area contributed by atoms with Crippen LogP contribution in [-0.2, 0) is 4.74 Å². The summed E-state index contributed by atoms with van der Waals surface area (Å²) in [5, 5.41) is 0.740. The van der Waals surface area contributed by atoms with Gasteiger partial charge in [-0.3, -0.25) is 0 Å². The van der Waals surface area contributed by atoms with Crippen LogP contribution in [0, 0.1) is 0 Å². The summed E-state index contributed by atoms with van der Waals surface area (Å²) in [5.74, 6) is 1.53. The molecule has 0 spiro atoms. The van der Waals surface area contributed by atoms with Gasteiger partial charge in [-0.2, -0.15) is 0 Å². The average Bonchev–Trinajstić information content (AvgIpc) is 3.06. The largest absolute Gasteiger partial charge is 0.494 e. The van der Waals surface area contributed by atoms with E-state index >= 15 is 0 Å². The minimum absolute atomic E-state index is 0.657. The fourth-order valence-corrected chi connectivity index (χ4v) is 2.59. The first-order valence-corrected chi connectivity index (χ1v) is 8.70. The third kappa shape index (κ3) is 4.97. The van der Waals surface area contributed by atoms with Crippen LogP contribution >= 0.6 is 11.6 Å². The lowest BCUT2D eigenvalue weighted by molar-refractivity contribution is 0.340. The standard InChI is InChI=1S/C21H20ClNO2/c1-2-24-20-12-10-19(11-13-20)23-21-17(14-15-25-21)5-3-4-16-6-8-18(22)9-7-16/h3-13H,2,14-15H2,1H3/b4-3+,17-5+,23-21?. The van der Waals surface area contributed by atoms with Crippen molar-refractivity contribution in [1.29, 1.82) is 0 Å². The summed E-state index contributed by atoms with van der Waals surface area (Å²) in [4.78, 5) is 4.60. The Balaban J connectivity index is 1.71. The molecule has 4 heteroatoms. The third-order valence-corrected chi connectivity index (χ3v) is 3.97. The summed E-state index contributed by atoms with van der Waals surface area (Å²) in [6, 6.07) is 15.4. The number of hydrogen-bond donors (Lipinski definition) is 0. The zero-order chi connectivity index (χ0) is 17.5. The number of ether oxygens (including phenoxy) is 2. The highest BCUT2D eigenvalue weighted by Crippen LogP contribution is 2.23. The molecule has 0 atom stereocenters. The van der Waals surface area contributed by atoms with Crippen molar-refractivity contribution in [3.05, 3.63) is 76.8 Å². The van der Waals surface area contributed by atoms with E-state index in [4.69, 9.17) is 21.1 Å². The lowest BCUT2D eigenvalue weighted by atomic mass is 10.1. The lowest BCUT2D eigenvalue weighted by Crippen LogP contribution is -1.96. The number of allylic oxidation sites excluding steroid dienone is 2. The second-order valence-corrected chi connectivity index (χ2v) is 5.98. The molecule has 2 aromatic rings. The predicted molar refractivity (Wildman–Crippen MR) is 104 cm³/mol. The maximum absolute atomic E-state index is 5.90. The van der Waals surface area contributed by atoms with E-state index < -0.39 is 0 Å². The van der Waals surface area contributed by atoms with Gasteiger partial charge in [0, 0.05) is 17.0 Å². The minimum Gasteiger partial charge on any atom is -0.494 e. The van der Waals surface area contributed by atoms with Crippen molar-refractivity contribution >= 4 is 29.3 Å². The molecular formula is C21H20ClNO2. The van der Waals surface area contributed by atoms with Gasteiger partial charge in [-0.05, 0) is 48.9 Å². The number of benzene rings is 2. The van der Waals surface area contributed by atoms with Crippen molar-refractivity contribution in [2.45, 2.75) is 13.3 Å². The van der Waals surface area contributed by atoms with Gasteiger partial charge in [0.15, 0.2) is 0 Å². The van der Waals surface area contributed by atoms with E-state index in [9.17, 15) is 0 Å². The van der Waals surface area contributed by atoms with E-state index in [1.807, 2.05) is 67.6 Å². The van der Waals surface area contributed by atoms with Gasteiger partial charge < -0.3 is 9.47 Å². The van der Waals surface area contributed by atoms with Gasteiger partial charge in [0.25, 0.3) is 0 Å². The molecule has 3 nitrogen and oxygen atoms in total. The fraction of sp³-hybridized carbons (Fsp3) is 0.190. The van der Waals surface area contributed by atoms with Crippen molar-refractivity contribution in [3.63, 3.8) is 0 Å². The molecule has 25 heavy (non-hydrogen) atoms. The first kappa shape index (κ1) is 17.3. The molecule has 0 unspecified atom stereocenters. The second-order valence-electron chi connectivity index (χ2n) is 5.54. The lowest BCUT2D eigenvalue weighted by Gasteiger charge is -2.03. The molecule has 1 saturated heterocycles. The first-order chi connectivity index (χ1) is 12.2. The molecule has 0 radical (unpaired) electrons. The summed E-state index contributed by atoms with van der Waals surface area (Å²) in [7, 11) is 0. The van der Waals surface area contributed by atoms with E-state index in [-0.39, 0.29) is 0 Å². The van der Waals surface area contributed by atoms with Gasteiger partial charge in [-0.15, -0.1) is 0 Å². The van der Waals surface area contributed by atoms with Gasteiger partial charge >= 0.3 is 0 Å². The van der Waals surface area contributed by atoms with Crippen LogP contribution in [0.5, 0.6) is 5.75 Å². The third-order valence-electron chi connectivity index (χ3n) is 3.72. The topological polar surface area (TPSA) is 30.8 Å². The molecule has 0 saturated carbocycles. The molecule has 1 heterocycles. The summed E-state index contributed by atoms with van der Waals surface area (Å²) < 4.78 is 11.1. The molecule has 3 rings (SSSR count). The smallest absolute Gasteiger partial charge is 0.217 e. The summed E-state index contributed by atoms with van der Waals surface area (Å²) >= 11 is 5.90. The Hall–Kier alpha value is -2.52. The van der Waals surface area contributed by atoms with Gasteiger partial charge in [-0.1, -0.05) is 42.0 Å². The van der Waals surface area contributed by atoms with Crippen LogP contribution in [-0.4, -0.2) is 19.1 Å². The second kappa shape index (κ2) is 8.54. The van der Waals surface area contributed by atoms with E-state index in [1.165, 1.54) is 0 Å². The van der Waals surface area contributed by atoms with Gasteiger partial charge in [0.2, 0.25) is 5.90 Å². The molecule has 1 aliphatic heterocycles. The normalized spacial score (nSPS) is 17.4. The van der Waals surface area contributed by atoms with Crippen molar-refractivity contribution in [2.24, 2.45) is 4.99 Å². The van der Waals surface area contributed by atoms with Gasteiger partial charge in [0.1, 0.15) is 5.75 Å². The number of nitrogens with zero attached hydrogens (tertiary/aromatic N) is 1. The molecule has 0 N–H and O–H groups in total. The molecule has 0 aliphatic carbocycles. The van der Waals surface area contributed by atoms with Crippen LogP contribution in [0.15, 0.2) is 71.2 Å². The summed E-state index contributed by atoms with van der Waals surface area (Å²) in [5.41, 5.74) is 3.05. The molecular weight excluding hydrogens is 334 g/mol. The molecule has 128 valence electrons. The maximum Gasteiger partial charge on any atom is 0.217 e. The predicted octanol–water partition coefficient (Wildman–Crippen LogP) is 5.83. The van der Waals surface area contributed by atoms with Crippen LogP contribution in [0.25, 0.3) is 6.08 Å². The molecule has 0 aromatic heterocycles. The van der Waals surface area contributed by atoms with Gasteiger partial charge in [0.05, 0.1) is 18.9 Å². The van der Waals surface area contributed by atoms with Crippen LogP contribution in [0.3, 0.4) is 0 Å². The Morgan fingerprint density at radius 1 is 1.12 bits per heavy atom. The van der Waals surface area contributed by atoms with Crippen molar-refractivity contribution in [2.75, 3.05) is 13.2 Å². The highest BCUT2D eigenvalue weighted by molar-refractivity contribution is 6.30. The molecule has 1 fully saturated rings. The Labute approximate surface area is 153 Å². The molecule has 1 aliphatic rings. The van der Waals surface area contributed by atoms with Gasteiger partial charge in [-0.25, -0.2) is 4.99 Å². The highest BCUT2D eigenvalue weighted by Gasteiger charge is 2.16. The Morgan fingerprint density at radius 3 is 2.60 bits per heavy atom. The molecule has 0 bridgehead atoms. The van der Waals surface area contributed by atoms with E-state index in [1.54, 1.807) is 0 Å². The minimum atomic E-state index is 0.657. The molecule has 2 aromatic carbocycles. The quantitative estimate of drug-likeness (QED) is 0.677. The summed E-state index contributed by atoms with van der Waals surface area (Å²) in [6.45, 7) is 3.29. The van der Waals surface area contributed by atoms with E-state index in [0.717, 1.165) is 34.0 Å². The van der Waals surface area contributed by atoms with Crippen LogP contribution < -0.4 is 4.74 Å². The summed E-state index contributed by atoms with van der Waals surface area (Å²) in [6.07, 6.45) is 6.97. The van der Waals surface area contributed by atoms with Crippen molar-refractivity contribution in [1.82, 2.24) is 0 Å². The van der Waals surface area contributed by atoms with Crippen molar-refractivity contribution in [3.8, 4) is 5.75 Å². The van der Waals surface area contributed by atoms with Crippen LogP contribution in [0.2, 0.25) is 5.02 Å². The Kier molecular flexibility index (Phi) is 5.91. The van der Waals surface area contributed by atoms with E-state index in [0.29, 0.717) is 19.1 Å². The van der Waals surface area contributed by atoms with Crippen molar-refractivity contribution < 1.29 is 9.47 Å². The average molecular weight is 354 g/mol. The van der Waals surface area contributed by atoms with Crippen LogP contribution in [0.1, 0.15) is 18.9 Å². The Bertz CT molecular complexity index is 790. The SMILES string of the molecule is CCOc1ccc(N=C2OCC/C2=C\C=C\c2ccc(Cl)cc2)cc1. The van der Waals surface area contributed by atoms with Crippen LogP contribution in [0.4, 0.5) is 5.69 Å². The monoisotopic (exact) mass is 353 g/mol. The zero-order valence-electron chi connectivity index (χ0n) is 14.1. The van der Waals surface area contributed by atoms with E-state index in [2.05, 4.69) is 11.1 Å². The maximum atomic E-state index is 5.90. The number of hydrogen-bond acceptors (Lipinski definition) is 3. The number of halogens is 1. The Morgan fingerprint density at radius 2 is 1.88 bits per heavy atom. The molecule has 0 amide bonds. The fourth-order valence-electron chi connectivity index (χ4n) is 2.47. The number of rotatable bonds is 5.